The van der Waals surface area contributed by atoms with Crippen LogP contribution in [0.2, 0.25) is 0 Å². The monoisotopic (exact) mass is 388 g/mol. The molecular formula is C22H20N4O3. The molecule has 1 amide bonds. The Kier molecular flexibility index (Phi) is 4.58. The molecule has 2 aromatic carbocycles. The number of carbonyl (C=O) groups is 3. The number of carbonyl (C=O) groups excluding carboxylic acids is 3. The summed E-state index contributed by atoms with van der Waals surface area (Å²) < 4.78 is 0. The Morgan fingerprint density at radius 3 is 2.17 bits per heavy atom. The summed E-state index contributed by atoms with van der Waals surface area (Å²) in [4.78, 5) is 43.9. The molecule has 146 valence electrons. The normalized spacial score (nSPS) is 15.8. The fraction of sp³-hybridized carbons (Fsp3) is 0.227. The number of aryl methyl sites for hydroxylation is 1. The molecular weight excluding hydrogens is 368 g/mol. The number of hydrogen-bond acceptors (Lipinski definition) is 5. The van der Waals surface area contributed by atoms with E-state index < -0.39 is 17.4 Å². The predicted molar refractivity (Wildman–Crippen MR) is 106 cm³/mol. The minimum Gasteiger partial charge on any atom is -0.346 e. The van der Waals surface area contributed by atoms with Gasteiger partial charge in [-0.15, -0.1) is 0 Å². The van der Waals surface area contributed by atoms with Gasteiger partial charge in [0.25, 0.3) is 0 Å². The average molecular weight is 388 g/mol. The van der Waals surface area contributed by atoms with Crippen LogP contribution < -0.4 is 5.32 Å². The lowest BCUT2D eigenvalue weighted by molar-refractivity contribution is -0.122. The minimum atomic E-state index is -1.57. The number of hydrogen-bond donors (Lipinski definition) is 2. The molecule has 0 aliphatic heterocycles. The second-order valence-corrected chi connectivity index (χ2v) is 7.22. The lowest BCUT2D eigenvalue weighted by Crippen LogP contribution is -2.43. The number of fused-ring (bicyclic) bond motifs is 1. The van der Waals surface area contributed by atoms with Gasteiger partial charge < -0.3 is 5.32 Å². The maximum atomic E-state index is 13.4. The van der Waals surface area contributed by atoms with Crippen molar-refractivity contribution < 1.29 is 14.4 Å². The van der Waals surface area contributed by atoms with E-state index in [1.807, 2.05) is 6.07 Å². The van der Waals surface area contributed by atoms with Gasteiger partial charge in [-0.1, -0.05) is 54.6 Å². The van der Waals surface area contributed by atoms with Gasteiger partial charge in [0.05, 0.1) is 12.5 Å². The molecule has 0 unspecified atom stereocenters. The number of H-pyrrole nitrogens is 1. The molecule has 29 heavy (non-hydrogen) atoms. The van der Waals surface area contributed by atoms with E-state index in [1.54, 1.807) is 62.4 Å². The number of Topliss-reactive ketones (excluding diaryl/α,β-unsaturated/α-hetero) is 2. The molecule has 0 fully saturated rings. The number of aromatic amines is 1. The number of nitrogens with one attached hydrogen (secondary N) is 2. The first-order valence-electron chi connectivity index (χ1n) is 9.36. The largest absolute Gasteiger partial charge is 0.346 e. The second kappa shape index (κ2) is 7.09. The summed E-state index contributed by atoms with van der Waals surface area (Å²) in [6.45, 7) is 3.52. The Hall–Kier alpha value is -3.61. The van der Waals surface area contributed by atoms with Crippen LogP contribution in [0.5, 0.6) is 0 Å². The van der Waals surface area contributed by atoms with Crippen LogP contribution in [0.4, 0.5) is 0 Å². The van der Waals surface area contributed by atoms with E-state index in [9.17, 15) is 14.4 Å². The molecule has 7 heteroatoms. The molecule has 1 aromatic heterocycles. The van der Waals surface area contributed by atoms with Crippen LogP contribution in [-0.2, 0) is 10.2 Å². The average Bonchev–Trinajstić information content (AvgIpc) is 3.25. The molecule has 7 nitrogen and oxygen atoms in total. The standard InChI is InChI=1S/C22H20N4O3/c1-13(21-24-14(2)25-26-21)23-18(27)12-22(15-8-4-3-5-9-15)19(28)16-10-6-7-11-17(16)20(22)29/h3-11,13H,12H2,1-2H3,(H,23,27)(H,24,25,26)/t13-/m1/s1. The fourth-order valence-electron chi connectivity index (χ4n) is 3.84. The first kappa shape index (κ1) is 18.7. The van der Waals surface area contributed by atoms with Gasteiger partial charge in [0.15, 0.2) is 17.4 Å². The van der Waals surface area contributed by atoms with Crippen molar-refractivity contribution in [2.75, 3.05) is 0 Å². The Morgan fingerprint density at radius 2 is 1.62 bits per heavy atom. The van der Waals surface area contributed by atoms with Crippen LogP contribution in [0, 0.1) is 6.92 Å². The van der Waals surface area contributed by atoms with Gasteiger partial charge in [-0.25, -0.2) is 4.98 Å². The van der Waals surface area contributed by atoms with E-state index in [0.29, 0.717) is 28.3 Å². The topological polar surface area (TPSA) is 105 Å². The Morgan fingerprint density at radius 1 is 1.03 bits per heavy atom. The number of benzene rings is 2. The van der Waals surface area contributed by atoms with Crippen molar-refractivity contribution in [3.8, 4) is 0 Å². The Labute approximate surface area is 167 Å². The summed E-state index contributed by atoms with van der Waals surface area (Å²) in [7, 11) is 0. The predicted octanol–water partition coefficient (Wildman–Crippen LogP) is 2.70. The highest BCUT2D eigenvalue weighted by molar-refractivity contribution is 6.34. The number of nitrogens with zero attached hydrogens (tertiary/aromatic N) is 2. The zero-order valence-corrected chi connectivity index (χ0v) is 16.1. The molecule has 0 saturated heterocycles. The molecule has 0 bridgehead atoms. The van der Waals surface area contributed by atoms with Gasteiger partial charge in [-0.2, -0.15) is 5.10 Å². The minimum absolute atomic E-state index is 0.281. The Bertz CT molecular complexity index is 1070. The van der Waals surface area contributed by atoms with E-state index in [-0.39, 0.29) is 18.0 Å². The van der Waals surface area contributed by atoms with Crippen molar-refractivity contribution in [2.24, 2.45) is 0 Å². The smallest absolute Gasteiger partial charge is 0.222 e. The van der Waals surface area contributed by atoms with Crippen LogP contribution in [0.25, 0.3) is 0 Å². The molecule has 1 atom stereocenters. The quantitative estimate of drug-likeness (QED) is 0.654. The zero-order valence-electron chi connectivity index (χ0n) is 16.1. The van der Waals surface area contributed by atoms with Gasteiger partial charge in [-0.05, 0) is 19.4 Å². The van der Waals surface area contributed by atoms with Crippen molar-refractivity contribution in [2.45, 2.75) is 31.7 Å². The number of rotatable bonds is 5. The summed E-state index contributed by atoms with van der Waals surface area (Å²) in [6, 6.07) is 15.0. The van der Waals surface area contributed by atoms with Crippen LogP contribution in [0.1, 0.15) is 57.3 Å². The number of ketones is 2. The van der Waals surface area contributed by atoms with Crippen LogP contribution >= 0.6 is 0 Å². The third kappa shape index (κ3) is 3.04. The van der Waals surface area contributed by atoms with E-state index in [2.05, 4.69) is 20.5 Å². The summed E-state index contributed by atoms with van der Waals surface area (Å²) in [5.41, 5.74) is -0.342. The highest BCUT2D eigenvalue weighted by atomic mass is 16.2. The third-order valence-corrected chi connectivity index (χ3v) is 5.26. The molecule has 2 N–H and O–H groups in total. The Balaban J connectivity index is 1.69. The molecule has 0 spiro atoms. The van der Waals surface area contributed by atoms with E-state index in [4.69, 9.17) is 0 Å². The molecule has 0 saturated carbocycles. The van der Waals surface area contributed by atoms with E-state index in [0.717, 1.165) is 0 Å². The molecule has 1 aliphatic carbocycles. The van der Waals surface area contributed by atoms with Crippen LogP contribution in [0.3, 0.4) is 0 Å². The summed E-state index contributed by atoms with van der Waals surface area (Å²) in [6.07, 6.45) is -0.281. The third-order valence-electron chi connectivity index (χ3n) is 5.26. The molecule has 1 heterocycles. The van der Waals surface area contributed by atoms with Crippen molar-refractivity contribution in [1.29, 1.82) is 0 Å². The van der Waals surface area contributed by atoms with Gasteiger partial charge in [0.1, 0.15) is 11.2 Å². The molecule has 0 radical (unpaired) electrons. The maximum absolute atomic E-state index is 13.4. The fourth-order valence-corrected chi connectivity index (χ4v) is 3.84. The van der Waals surface area contributed by atoms with Crippen molar-refractivity contribution in [1.82, 2.24) is 20.5 Å². The first-order chi connectivity index (χ1) is 13.9. The molecule has 3 aromatic rings. The lowest BCUT2D eigenvalue weighted by Gasteiger charge is -2.26. The van der Waals surface area contributed by atoms with Gasteiger partial charge in [0, 0.05) is 11.1 Å². The number of amides is 1. The second-order valence-electron chi connectivity index (χ2n) is 7.22. The lowest BCUT2D eigenvalue weighted by atomic mass is 9.73. The van der Waals surface area contributed by atoms with Crippen LogP contribution in [0.15, 0.2) is 54.6 Å². The molecule has 1 aliphatic rings. The number of aromatic nitrogens is 3. The van der Waals surface area contributed by atoms with E-state index >= 15 is 0 Å². The van der Waals surface area contributed by atoms with Crippen molar-refractivity contribution >= 4 is 17.5 Å². The van der Waals surface area contributed by atoms with Crippen molar-refractivity contribution in [3.05, 3.63) is 82.9 Å². The SMILES string of the molecule is Cc1nc([C@@H](C)NC(=O)CC2(c3ccccc3)C(=O)c3ccccc3C2=O)n[nH]1. The first-order valence-corrected chi connectivity index (χ1v) is 9.36. The van der Waals surface area contributed by atoms with Gasteiger partial charge >= 0.3 is 0 Å². The molecule has 4 rings (SSSR count). The summed E-state index contributed by atoms with van der Waals surface area (Å²) >= 11 is 0. The van der Waals surface area contributed by atoms with Gasteiger partial charge in [-0.3, -0.25) is 19.5 Å². The highest BCUT2D eigenvalue weighted by Gasteiger charge is 2.55. The summed E-state index contributed by atoms with van der Waals surface area (Å²) in [5.74, 6) is -0.0320. The summed E-state index contributed by atoms with van der Waals surface area (Å²) in [5, 5.41) is 9.60. The zero-order chi connectivity index (χ0) is 20.6. The van der Waals surface area contributed by atoms with E-state index in [1.165, 1.54) is 0 Å². The van der Waals surface area contributed by atoms with Crippen molar-refractivity contribution in [3.63, 3.8) is 0 Å². The maximum Gasteiger partial charge on any atom is 0.222 e. The highest BCUT2D eigenvalue weighted by Crippen LogP contribution is 2.42. The van der Waals surface area contributed by atoms with Gasteiger partial charge in [0.2, 0.25) is 5.91 Å². The van der Waals surface area contributed by atoms with Crippen LogP contribution in [-0.4, -0.2) is 32.7 Å².